The Morgan fingerprint density at radius 1 is 1.24 bits per heavy atom. The van der Waals surface area contributed by atoms with Gasteiger partial charge >= 0.3 is 6.09 Å². The number of hydrogen-bond acceptors (Lipinski definition) is 4. The summed E-state index contributed by atoms with van der Waals surface area (Å²) < 4.78 is 4.87. The zero-order valence-corrected chi connectivity index (χ0v) is 9.98. The van der Waals surface area contributed by atoms with Crippen LogP contribution in [0.3, 0.4) is 0 Å². The molecule has 2 rings (SSSR count). The Morgan fingerprint density at radius 2 is 1.76 bits per heavy atom. The van der Waals surface area contributed by atoms with E-state index in [9.17, 15) is 14.4 Å². The number of likely N-dealkylation sites (tertiary alicyclic amines) is 1. The van der Waals surface area contributed by atoms with Gasteiger partial charge in [-0.2, -0.15) is 4.90 Å². The topological polar surface area (TPSA) is 63.7 Å². The van der Waals surface area contributed by atoms with E-state index in [1.807, 2.05) is 6.92 Å². The molecule has 0 N–H and O–H groups in total. The number of carbonyl (C=O) groups is 3. The first-order chi connectivity index (χ1) is 8.16. The van der Waals surface area contributed by atoms with E-state index in [2.05, 4.69) is 0 Å². The highest BCUT2D eigenvalue weighted by atomic mass is 16.6. The summed E-state index contributed by atoms with van der Waals surface area (Å²) in [6.45, 7) is 2.10. The fourth-order valence-corrected chi connectivity index (χ4v) is 2.60. The van der Waals surface area contributed by atoms with Gasteiger partial charge in [0.25, 0.3) is 0 Å². The number of ether oxygens (including phenoxy) is 1. The predicted molar refractivity (Wildman–Crippen MR) is 58.9 cm³/mol. The monoisotopic (exact) mass is 239 g/mol. The minimum atomic E-state index is -0.795. The maximum absolute atomic E-state index is 12.0. The van der Waals surface area contributed by atoms with Crippen molar-refractivity contribution in [3.8, 4) is 0 Å². The van der Waals surface area contributed by atoms with E-state index in [0.717, 1.165) is 17.7 Å². The molecular formula is C12H17NO4. The molecule has 94 valence electrons. The van der Waals surface area contributed by atoms with Gasteiger partial charge in [0, 0.05) is 0 Å². The molecule has 5 nitrogen and oxygen atoms in total. The third kappa shape index (κ3) is 2.06. The van der Waals surface area contributed by atoms with E-state index in [4.69, 9.17) is 4.74 Å². The highest BCUT2D eigenvalue weighted by Crippen LogP contribution is 2.38. The molecule has 0 bridgehead atoms. The van der Waals surface area contributed by atoms with E-state index in [1.54, 1.807) is 0 Å². The smallest absolute Gasteiger partial charge is 0.423 e. The molecule has 0 radical (unpaired) electrons. The van der Waals surface area contributed by atoms with Gasteiger partial charge in [0.15, 0.2) is 0 Å². The third-order valence-electron chi connectivity index (χ3n) is 3.45. The van der Waals surface area contributed by atoms with Crippen LogP contribution >= 0.6 is 0 Å². The van der Waals surface area contributed by atoms with Crippen LogP contribution in [0.15, 0.2) is 0 Å². The molecule has 0 aromatic heterocycles. The number of hydrogen-bond donors (Lipinski definition) is 0. The summed E-state index contributed by atoms with van der Waals surface area (Å²) in [5.41, 5.74) is 0. The average Bonchev–Trinajstić information content (AvgIpc) is 2.60. The van der Waals surface area contributed by atoms with Crippen molar-refractivity contribution in [3.05, 3.63) is 0 Å². The zero-order valence-electron chi connectivity index (χ0n) is 9.98. The molecule has 5 heteroatoms. The number of amides is 3. The standard InChI is InChI=1S/C12H17NO4/c1-2-7-17-12(16)13-10(14)8-5-3-4-6-9(8)11(13)15/h8-9H,2-7H2,1H3. The van der Waals surface area contributed by atoms with E-state index in [1.165, 1.54) is 0 Å². The first-order valence-corrected chi connectivity index (χ1v) is 6.21. The quantitative estimate of drug-likeness (QED) is 0.688. The summed E-state index contributed by atoms with van der Waals surface area (Å²) in [5.74, 6) is -1.29. The second kappa shape index (κ2) is 4.85. The van der Waals surface area contributed by atoms with Crippen LogP contribution in [-0.4, -0.2) is 29.4 Å². The first kappa shape index (κ1) is 12.1. The average molecular weight is 239 g/mol. The maximum atomic E-state index is 12.0. The van der Waals surface area contributed by atoms with Gasteiger partial charge in [0.1, 0.15) is 0 Å². The molecule has 3 amide bonds. The minimum absolute atomic E-state index is 0.241. The zero-order chi connectivity index (χ0) is 12.4. The van der Waals surface area contributed by atoms with Crippen molar-refractivity contribution >= 4 is 17.9 Å². The summed E-state index contributed by atoms with van der Waals surface area (Å²) in [6, 6.07) is 0. The second-order valence-electron chi connectivity index (χ2n) is 4.62. The number of nitrogens with zero attached hydrogens (tertiary/aromatic N) is 1. The Kier molecular flexibility index (Phi) is 3.45. The Balaban J connectivity index is 2.10. The van der Waals surface area contributed by atoms with E-state index >= 15 is 0 Å². The number of rotatable bonds is 2. The van der Waals surface area contributed by atoms with Gasteiger partial charge in [-0.1, -0.05) is 19.8 Å². The van der Waals surface area contributed by atoms with Gasteiger partial charge in [0.05, 0.1) is 18.4 Å². The molecular weight excluding hydrogens is 222 g/mol. The van der Waals surface area contributed by atoms with E-state index < -0.39 is 6.09 Å². The Labute approximate surface area is 100 Å². The van der Waals surface area contributed by atoms with Crippen molar-refractivity contribution in [1.82, 2.24) is 4.90 Å². The fraction of sp³-hybridized carbons (Fsp3) is 0.750. The largest absolute Gasteiger partial charge is 0.449 e. The molecule has 2 atom stereocenters. The van der Waals surface area contributed by atoms with Crippen LogP contribution in [0, 0.1) is 11.8 Å². The van der Waals surface area contributed by atoms with Crippen LogP contribution in [0.1, 0.15) is 39.0 Å². The van der Waals surface area contributed by atoms with Crippen LogP contribution < -0.4 is 0 Å². The van der Waals surface area contributed by atoms with Gasteiger partial charge in [-0.05, 0) is 19.3 Å². The van der Waals surface area contributed by atoms with Crippen molar-refractivity contribution in [2.45, 2.75) is 39.0 Å². The lowest BCUT2D eigenvalue weighted by molar-refractivity contribution is -0.137. The number of imide groups is 3. The normalized spacial score (nSPS) is 28.2. The first-order valence-electron chi connectivity index (χ1n) is 6.21. The van der Waals surface area contributed by atoms with Gasteiger partial charge in [-0.25, -0.2) is 4.79 Å². The second-order valence-corrected chi connectivity index (χ2v) is 4.62. The van der Waals surface area contributed by atoms with Crippen molar-refractivity contribution in [1.29, 1.82) is 0 Å². The summed E-state index contributed by atoms with van der Waals surface area (Å²) in [7, 11) is 0. The van der Waals surface area contributed by atoms with E-state index in [-0.39, 0.29) is 30.3 Å². The molecule has 0 spiro atoms. The molecule has 2 unspecified atom stereocenters. The molecule has 1 aliphatic carbocycles. The molecule has 2 aliphatic rings. The summed E-state index contributed by atoms with van der Waals surface area (Å²) in [5, 5.41) is 0. The Morgan fingerprint density at radius 3 is 2.24 bits per heavy atom. The molecule has 1 saturated heterocycles. The highest BCUT2D eigenvalue weighted by molar-refractivity contribution is 6.15. The van der Waals surface area contributed by atoms with Gasteiger partial charge < -0.3 is 4.74 Å². The lowest BCUT2D eigenvalue weighted by atomic mass is 9.81. The van der Waals surface area contributed by atoms with Crippen LogP contribution in [0.25, 0.3) is 0 Å². The molecule has 2 fully saturated rings. The SMILES string of the molecule is CCCOC(=O)N1C(=O)C2CCCCC2C1=O. The molecule has 1 aliphatic heterocycles. The lowest BCUT2D eigenvalue weighted by Crippen LogP contribution is -2.37. The van der Waals surface area contributed by atoms with Crippen molar-refractivity contribution in [3.63, 3.8) is 0 Å². The number of carbonyl (C=O) groups excluding carboxylic acids is 3. The van der Waals surface area contributed by atoms with Crippen LogP contribution in [-0.2, 0) is 14.3 Å². The Bertz CT molecular complexity index is 328. The van der Waals surface area contributed by atoms with Crippen LogP contribution in [0.5, 0.6) is 0 Å². The maximum Gasteiger partial charge on any atom is 0.423 e. The summed E-state index contributed by atoms with van der Waals surface area (Å²) in [4.78, 5) is 36.3. The molecule has 1 heterocycles. The Hall–Kier alpha value is -1.39. The lowest BCUT2D eigenvalue weighted by Gasteiger charge is -2.19. The number of fused-ring (bicyclic) bond motifs is 1. The molecule has 0 aromatic rings. The van der Waals surface area contributed by atoms with Crippen LogP contribution in [0.2, 0.25) is 0 Å². The highest BCUT2D eigenvalue weighted by Gasteiger charge is 2.51. The van der Waals surface area contributed by atoms with Crippen molar-refractivity contribution in [2.24, 2.45) is 11.8 Å². The van der Waals surface area contributed by atoms with Crippen molar-refractivity contribution in [2.75, 3.05) is 6.61 Å². The summed E-state index contributed by atoms with van der Waals surface area (Å²) >= 11 is 0. The van der Waals surface area contributed by atoms with E-state index in [0.29, 0.717) is 19.3 Å². The molecule has 1 saturated carbocycles. The van der Waals surface area contributed by atoms with Crippen molar-refractivity contribution < 1.29 is 19.1 Å². The molecule has 17 heavy (non-hydrogen) atoms. The van der Waals surface area contributed by atoms with Gasteiger partial charge in [-0.3, -0.25) is 9.59 Å². The van der Waals surface area contributed by atoms with Gasteiger partial charge in [-0.15, -0.1) is 0 Å². The summed E-state index contributed by atoms with van der Waals surface area (Å²) in [6.07, 6.45) is 3.22. The predicted octanol–water partition coefficient (Wildman–Crippen LogP) is 1.71. The minimum Gasteiger partial charge on any atom is -0.449 e. The fourth-order valence-electron chi connectivity index (χ4n) is 2.60. The van der Waals surface area contributed by atoms with Gasteiger partial charge in [0.2, 0.25) is 11.8 Å². The molecule has 0 aromatic carbocycles. The van der Waals surface area contributed by atoms with Crippen LogP contribution in [0.4, 0.5) is 4.79 Å². The third-order valence-corrected chi connectivity index (χ3v) is 3.45.